The summed E-state index contributed by atoms with van der Waals surface area (Å²) in [4.78, 5) is 26.6. The van der Waals surface area contributed by atoms with Crippen molar-refractivity contribution in [1.29, 1.82) is 10.7 Å². The molecule has 4 fully saturated rings. The van der Waals surface area contributed by atoms with E-state index in [2.05, 4.69) is 19.9 Å². The molecule has 8 atom stereocenters. The van der Waals surface area contributed by atoms with E-state index in [1.54, 1.807) is 19.1 Å². The lowest BCUT2D eigenvalue weighted by Crippen LogP contribution is -2.76. The number of quaternary nitrogens is 1. The van der Waals surface area contributed by atoms with Gasteiger partial charge in [0.05, 0.1) is 17.9 Å². The minimum atomic E-state index is -1.37. The minimum absolute atomic E-state index is 0.0120. The van der Waals surface area contributed by atoms with Gasteiger partial charge in [-0.3, -0.25) is 14.9 Å². The number of aliphatic hydroxyl groups excluding tert-OH is 1. The lowest BCUT2D eigenvalue weighted by atomic mass is 9.44. The van der Waals surface area contributed by atoms with Crippen molar-refractivity contribution < 1.29 is 29.1 Å². The van der Waals surface area contributed by atoms with Crippen LogP contribution in [0.4, 0.5) is 10.1 Å². The number of rotatable bonds is 7. The van der Waals surface area contributed by atoms with Crippen LogP contribution < -0.4 is 5.32 Å². The van der Waals surface area contributed by atoms with E-state index in [0.717, 1.165) is 48.0 Å². The van der Waals surface area contributed by atoms with Gasteiger partial charge in [-0.2, -0.15) is 5.26 Å². The van der Waals surface area contributed by atoms with Crippen LogP contribution in [-0.2, 0) is 14.3 Å². The number of ether oxygens (including phenoxy) is 1. The minimum Gasteiger partial charge on any atom is -0.449 e. The van der Waals surface area contributed by atoms with Crippen LogP contribution in [0.3, 0.4) is 0 Å². The van der Waals surface area contributed by atoms with Crippen molar-refractivity contribution in [2.75, 3.05) is 5.75 Å². The number of hydrogen-bond donors (Lipinski definition) is 3. The Hall–Kier alpha value is -2.80. The van der Waals surface area contributed by atoms with E-state index < -0.39 is 28.5 Å². The zero-order chi connectivity index (χ0) is 31.0. The van der Waals surface area contributed by atoms with Gasteiger partial charge in [-0.1, -0.05) is 45.0 Å². The van der Waals surface area contributed by atoms with Gasteiger partial charge in [0.15, 0.2) is 5.60 Å². The molecule has 4 saturated carbocycles. The summed E-state index contributed by atoms with van der Waals surface area (Å²) < 4.78 is 19.7. The fourth-order valence-corrected chi connectivity index (χ4v) is 11.4. The number of hydrogen-bond acceptors (Lipinski definition) is 7. The summed E-state index contributed by atoms with van der Waals surface area (Å²) in [6.45, 7) is 8.26. The van der Waals surface area contributed by atoms with E-state index in [9.17, 15) is 24.3 Å². The smallest absolute Gasteiger partial charge is 0.306 e. The highest BCUT2D eigenvalue weighted by molar-refractivity contribution is 8.14. The number of nitrogens with zero attached hydrogens (tertiary/aromatic N) is 1. The summed E-state index contributed by atoms with van der Waals surface area (Å²) >= 11 is 0.920. The number of carbonyl (C=O) groups is 2. The predicted molar refractivity (Wildman–Crippen MR) is 162 cm³/mol. The van der Waals surface area contributed by atoms with Crippen molar-refractivity contribution in [3.8, 4) is 6.07 Å². The van der Waals surface area contributed by atoms with Crippen molar-refractivity contribution in [3.05, 3.63) is 53.0 Å². The molecule has 0 bridgehead atoms. The zero-order valence-corrected chi connectivity index (χ0v) is 26.2. The average Bonchev–Trinajstić information content (AvgIpc) is 3.60. The summed E-state index contributed by atoms with van der Waals surface area (Å²) in [6.07, 6.45) is 6.83. The van der Waals surface area contributed by atoms with E-state index >= 15 is 0 Å². The molecule has 0 spiro atoms. The number of aliphatic hydroxyl groups is 1. The van der Waals surface area contributed by atoms with Crippen LogP contribution in [0.5, 0.6) is 0 Å². The number of halogens is 1. The molecule has 43 heavy (non-hydrogen) atoms. The van der Waals surface area contributed by atoms with Gasteiger partial charge in [-0.25, -0.2) is 4.39 Å². The van der Waals surface area contributed by atoms with E-state index in [1.165, 1.54) is 23.9 Å². The molecule has 0 heterocycles. The van der Waals surface area contributed by atoms with Crippen molar-refractivity contribution in [2.45, 2.75) is 84.3 Å². The molecule has 4 N–H and O–H groups in total. The third-order valence-electron chi connectivity index (χ3n) is 12.3. The average molecular weight is 607 g/mol. The standard InChI is InChI=1S/C34H40FN3O4S/c1-5-28(40)42-34(29(41)43-13-12-36)11-10-26-31(34,4)17-27(39)33-19-32(26,33)15-20(2)24-14-25(21(18-37)16-30(24,33)3)38-23-8-6-22(35)7-9-23/h6-9,14,18,20,26-27,37-39H,5,10-11,13,15-17,19H2,1-4H3/p+1/t20-,26?,27-,30-,31-,32+,33?,34-/m0/s1. The number of fused-ring (bicyclic) bond motifs is 2. The predicted octanol–water partition coefficient (Wildman–Crippen LogP) is 5.33. The second kappa shape index (κ2) is 10.1. The molecule has 0 amide bonds. The number of benzene rings is 1. The molecule has 7 nitrogen and oxygen atoms in total. The van der Waals surface area contributed by atoms with Crippen molar-refractivity contribution in [2.24, 2.45) is 33.5 Å². The van der Waals surface area contributed by atoms with Gasteiger partial charge in [0.1, 0.15) is 17.2 Å². The summed E-state index contributed by atoms with van der Waals surface area (Å²) in [5, 5.41) is 31.6. The van der Waals surface area contributed by atoms with Crippen LogP contribution in [0.2, 0.25) is 0 Å². The molecule has 5 aliphatic rings. The molecule has 0 aliphatic heterocycles. The van der Waals surface area contributed by atoms with E-state index in [0.29, 0.717) is 19.3 Å². The SMILES string of the molecule is CCC(=O)O[C@]1(C(=O)SCC#N)CCC2[C@]34C[C@H](C)C5=CC([NH2+]c6ccc(F)cc6)=C(C=N)C[C@]5(C)C3(C4)[C@@H](O)C[C@@]21C. The summed E-state index contributed by atoms with van der Waals surface area (Å²) in [5.41, 5.74) is 0.838. The summed E-state index contributed by atoms with van der Waals surface area (Å²) in [6, 6.07) is 8.40. The molecule has 0 aromatic heterocycles. The number of nitrogens with one attached hydrogen (secondary N) is 1. The van der Waals surface area contributed by atoms with Crippen molar-refractivity contribution >= 4 is 34.7 Å². The van der Waals surface area contributed by atoms with Crippen molar-refractivity contribution in [3.63, 3.8) is 0 Å². The maximum atomic E-state index is 13.9. The zero-order valence-electron chi connectivity index (χ0n) is 25.3. The lowest BCUT2D eigenvalue weighted by molar-refractivity contribution is -0.513. The lowest BCUT2D eigenvalue weighted by Gasteiger charge is -2.61. The highest BCUT2D eigenvalue weighted by Gasteiger charge is 2.88. The van der Waals surface area contributed by atoms with Crippen LogP contribution in [-0.4, -0.2) is 39.9 Å². The van der Waals surface area contributed by atoms with Crippen LogP contribution in [0.15, 0.2) is 47.2 Å². The number of nitrogens with two attached hydrogens (primary N) is 1. The molecule has 1 aromatic rings. The Morgan fingerprint density at radius 1 is 1.28 bits per heavy atom. The molecule has 6 rings (SSSR count). The van der Waals surface area contributed by atoms with Crippen LogP contribution in [0.25, 0.3) is 0 Å². The van der Waals surface area contributed by atoms with E-state index in [1.807, 2.05) is 18.3 Å². The Labute approximate surface area is 256 Å². The number of allylic oxidation sites excluding steroid dienone is 3. The molecule has 0 radical (unpaired) electrons. The first-order chi connectivity index (χ1) is 20.4. The molecular weight excluding hydrogens is 565 g/mol. The Bertz CT molecular complexity index is 1500. The van der Waals surface area contributed by atoms with E-state index in [4.69, 9.17) is 10.1 Å². The Morgan fingerprint density at radius 3 is 2.65 bits per heavy atom. The second-order valence-corrected chi connectivity index (χ2v) is 14.9. The number of nitriles is 1. The first kappa shape index (κ1) is 30.2. The molecule has 5 aliphatic carbocycles. The fourth-order valence-electron chi connectivity index (χ4n) is 10.6. The summed E-state index contributed by atoms with van der Waals surface area (Å²) in [5.74, 6) is -0.459. The van der Waals surface area contributed by atoms with E-state index in [-0.39, 0.29) is 45.8 Å². The third-order valence-corrected chi connectivity index (χ3v) is 13.1. The maximum Gasteiger partial charge on any atom is 0.306 e. The van der Waals surface area contributed by atoms with Crippen LogP contribution in [0.1, 0.15) is 72.6 Å². The largest absolute Gasteiger partial charge is 0.449 e. The van der Waals surface area contributed by atoms with Crippen molar-refractivity contribution in [1.82, 2.24) is 0 Å². The Balaban J connectivity index is 1.40. The van der Waals surface area contributed by atoms with Gasteiger partial charge in [0, 0.05) is 46.6 Å². The third kappa shape index (κ3) is 3.88. The maximum absolute atomic E-state index is 13.9. The van der Waals surface area contributed by atoms with Gasteiger partial charge in [-0.05, 0) is 74.0 Å². The first-order valence-electron chi connectivity index (χ1n) is 15.4. The monoisotopic (exact) mass is 606 g/mol. The number of esters is 1. The Kier molecular flexibility index (Phi) is 7.11. The van der Waals surface area contributed by atoms with Gasteiger partial charge < -0.3 is 15.3 Å². The molecular formula is C34H41FN3O4S+. The normalized spacial score (nSPS) is 40.7. The Morgan fingerprint density at radius 2 is 2.00 bits per heavy atom. The van der Waals surface area contributed by atoms with Crippen LogP contribution >= 0.6 is 11.8 Å². The quantitative estimate of drug-likeness (QED) is 0.219. The van der Waals surface area contributed by atoms with Gasteiger partial charge in [-0.15, -0.1) is 0 Å². The van der Waals surface area contributed by atoms with Crippen LogP contribution in [0, 0.1) is 56.1 Å². The molecule has 1 aromatic carbocycles. The highest BCUT2D eigenvalue weighted by atomic mass is 32.2. The van der Waals surface area contributed by atoms with Gasteiger partial charge in [0.2, 0.25) is 5.12 Å². The summed E-state index contributed by atoms with van der Waals surface area (Å²) in [7, 11) is 0. The molecule has 0 saturated heterocycles. The first-order valence-corrected chi connectivity index (χ1v) is 16.4. The van der Waals surface area contributed by atoms with Gasteiger partial charge in [0.25, 0.3) is 0 Å². The molecule has 2 unspecified atom stereocenters. The number of thioether (sulfide) groups is 1. The second-order valence-electron chi connectivity index (χ2n) is 14.0. The molecule has 228 valence electrons. The fraction of sp³-hybridized carbons (Fsp3) is 0.588. The van der Waals surface area contributed by atoms with Gasteiger partial charge >= 0.3 is 5.97 Å². The topological polar surface area (TPSA) is 128 Å². The molecule has 9 heteroatoms. The highest BCUT2D eigenvalue weighted by Crippen LogP contribution is 2.90. The number of carbonyl (C=O) groups excluding carboxylic acids is 2.